The van der Waals surface area contributed by atoms with E-state index < -0.39 is 29.2 Å². The fraction of sp³-hybridized carbons (Fsp3) is 0.333. The molecule has 0 amide bonds. The van der Waals surface area contributed by atoms with E-state index in [4.69, 9.17) is 14.2 Å². The zero-order valence-corrected chi connectivity index (χ0v) is 19.9. The fourth-order valence-corrected chi connectivity index (χ4v) is 4.30. The Bertz CT molecular complexity index is 1450. The summed E-state index contributed by atoms with van der Waals surface area (Å²) >= 11 is 0. The van der Waals surface area contributed by atoms with Crippen molar-refractivity contribution in [1.29, 1.82) is 0 Å². The average molecular weight is 505 g/mol. The first-order valence-electron chi connectivity index (χ1n) is 10.8. The van der Waals surface area contributed by atoms with Gasteiger partial charge < -0.3 is 23.7 Å². The van der Waals surface area contributed by atoms with Gasteiger partial charge in [0.15, 0.2) is 17.3 Å². The van der Waals surface area contributed by atoms with E-state index in [9.17, 15) is 27.6 Å². The molecule has 2 heterocycles. The number of nitrogens with zero attached hydrogens (tertiary/aromatic N) is 3. The Hall–Kier alpha value is -3.93. The van der Waals surface area contributed by atoms with Crippen molar-refractivity contribution in [2.45, 2.75) is 19.1 Å². The maximum Gasteiger partial charge on any atom is 0.491 e. The SMILES string of the molecule is COc1cc2c(=O)n(CCCN(C)C)c3c(c2c(OC(=O)C(F)(F)F)c1OC)C(=O)c1ccncc1-3. The maximum atomic E-state index is 13.7. The second-order valence-electron chi connectivity index (χ2n) is 8.34. The number of alkyl halides is 3. The molecule has 0 saturated carbocycles. The zero-order valence-electron chi connectivity index (χ0n) is 19.9. The van der Waals surface area contributed by atoms with Gasteiger partial charge in [0.2, 0.25) is 5.75 Å². The monoisotopic (exact) mass is 505 g/mol. The van der Waals surface area contributed by atoms with Crippen LogP contribution in [0.3, 0.4) is 0 Å². The molecular weight excluding hydrogens is 483 g/mol. The first-order valence-corrected chi connectivity index (χ1v) is 10.8. The van der Waals surface area contributed by atoms with Crippen LogP contribution < -0.4 is 19.8 Å². The number of rotatable bonds is 7. The van der Waals surface area contributed by atoms with E-state index in [1.54, 1.807) is 0 Å². The van der Waals surface area contributed by atoms with Gasteiger partial charge >= 0.3 is 12.1 Å². The van der Waals surface area contributed by atoms with Crippen molar-refractivity contribution in [3.63, 3.8) is 0 Å². The lowest BCUT2D eigenvalue weighted by atomic mass is 10.0. The van der Waals surface area contributed by atoms with Crippen LogP contribution in [0.15, 0.2) is 29.3 Å². The molecule has 0 bridgehead atoms. The molecule has 0 fully saturated rings. The van der Waals surface area contributed by atoms with Crippen LogP contribution in [0.2, 0.25) is 0 Å². The van der Waals surface area contributed by atoms with Gasteiger partial charge in [-0.15, -0.1) is 0 Å². The molecule has 0 atom stereocenters. The minimum absolute atomic E-state index is 0.0802. The molecule has 1 aliphatic rings. The van der Waals surface area contributed by atoms with Gasteiger partial charge in [0.05, 0.1) is 30.9 Å². The Morgan fingerprint density at radius 2 is 1.83 bits per heavy atom. The molecule has 36 heavy (non-hydrogen) atoms. The van der Waals surface area contributed by atoms with Crippen molar-refractivity contribution in [2.75, 3.05) is 34.9 Å². The number of methoxy groups -OCH3 is 2. The number of pyridine rings is 2. The topological polar surface area (TPSA) is 100.0 Å². The number of esters is 1. The van der Waals surface area contributed by atoms with Crippen LogP contribution in [0, 0.1) is 0 Å². The summed E-state index contributed by atoms with van der Waals surface area (Å²) in [6.45, 7) is 0.844. The van der Waals surface area contributed by atoms with Crippen LogP contribution in [0.5, 0.6) is 17.2 Å². The molecule has 0 N–H and O–H groups in total. The Labute approximate surface area is 203 Å². The molecular formula is C24H22F3N3O6. The lowest BCUT2D eigenvalue weighted by molar-refractivity contribution is -0.189. The number of ketones is 1. The minimum atomic E-state index is -5.35. The fourth-order valence-electron chi connectivity index (χ4n) is 4.30. The minimum Gasteiger partial charge on any atom is -0.493 e. The number of hydrogen-bond acceptors (Lipinski definition) is 8. The predicted molar refractivity (Wildman–Crippen MR) is 123 cm³/mol. The summed E-state index contributed by atoms with van der Waals surface area (Å²) in [6, 6.07) is 2.72. The summed E-state index contributed by atoms with van der Waals surface area (Å²) < 4.78 is 56.1. The molecule has 1 aromatic carbocycles. The van der Waals surface area contributed by atoms with E-state index in [-0.39, 0.29) is 45.6 Å². The summed E-state index contributed by atoms with van der Waals surface area (Å²) in [4.78, 5) is 45.2. The van der Waals surface area contributed by atoms with Crippen LogP contribution in [-0.4, -0.2) is 67.2 Å². The van der Waals surface area contributed by atoms with Gasteiger partial charge in [-0.25, -0.2) is 4.79 Å². The summed E-state index contributed by atoms with van der Waals surface area (Å²) in [7, 11) is 6.09. The number of halogens is 3. The highest BCUT2D eigenvalue weighted by atomic mass is 19.4. The van der Waals surface area contributed by atoms with Gasteiger partial charge in [-0.1, -0.05) is 0 Å². The van der Waals surface area contributed by atoms with E-state index in [0.717, 1.165) is 7.11 Å². The summed E-state index contributed by atoms with van der Waals surface area (Å²) in [5, 5.41) is -0.425. The van der Waals surface area contributed by atoms with Gasteiger partial charge in [0.1, 0.15) is 0 Å². The molecule has 190 valence electrons. The molecule has 0 radical (unpaired) electrons. The smallest absolute Gasteiger partial charge is 0.491 e. The second kappa shape index (κ2) is 9.26. The lowest BCUT2D eigenvalue weighted by Crippen LogP contribution is -2.29. The number of benzene rings is 1. The van der Waals surface area contributed by atoms with Gasteiger partial charge in [-0.2, -0.15) is 13.2 Å². The molecule has 0 unspecified atom stereocenters. The van der Waals surface area contributed by atoms with Gasteiger partial charge in [-0.05, 0) is 39.2 Å². The van der Waals surface area contributed by atoms with Crippen molar-refractivity contribution in [2.24, 2.45) is 0 Å². The first-order chi connectivity index (χ1) is 17.0. The Morgan fingerprint density at radius 3 is 2.44 bits per heavy atom. The maximum absolute atomic E-state index is 13.7. The van der Waals surface area contributed by atoms with Gasteiger partial charge in [-0.3, -0.25) is 14.6 Å². The van der Waals surface area contributed by atoms with Crippen LogP contribution in [0.4, 0.5) is 13.2 Å². The number of aromatic nitrogens is 2. The van der Waals surface area contributed by atoms with Crippen molar-refractivity contribution in [3.8, 4) is 28.5 Å². The molecule has 12 heteroatoms. The Kier molecular flexibility index (Phi) is 6.48. The third kappa shape index (κ3) is 4.06. The highest BCUT2D eigenvalue weighted by Gasteiger charge is 2.43. The van der Waals surface area contributed by atoms with E-state index in [1.165, 1.54) is 36.2 Å². The second-order valence-corrected chi connectivity index (χ2v) is 8.34. The Balaban J connectivity index is 2.13. The molecule has 0 aliphatic heterocycles. The average Bonchev–Trinajstić information content (AvgIpc) is 3.12. The Morgan fingerprint density at radius 1 is 1.11 bits per heavy atom. The van der Waals surface area contributed by atoms with Crippen molar-refractivity contribution < 1.29 is 37.0 Å². The third-order valence-corrected chi connectivity index (χ3v) is 5.82. The van der Waals surface area contributed by atoms with Crippen molar-refractivity contribution in [1.82, 2.24) is 14.5 Å². The molecule has 2 aromatic heterocycles. The van der Waals surface area contributed by atoms with Gasteiger partial charge in [0.25, 0.3) is 5.56 Å². The van der Waals surface area contributed by atoms with E-state index in [1.807, 2.05) is 19.0 Å². The predicted octanol–water partition coefficient (Wildman–Crippen LogP) is 3.04. The quantitative estimate of drug-likeness (QED) is 0.279. The summed E-state index contributed by atoms with van der Waals surface area (Å²) in [5.74, 6) is -4.32. The molecule has 0 spiro atoms. The number of hydrogen-bond donors (Lipinski definition) is 0. The summed E-state index contributed by atoms with van der Waals surface area (Å²) in [6.07, 6.45) is -2.00. The lowest BCUT2D eigenvalue weighted by Gasteiger charge is -2.20. The van der Waals surface area contributed by atoms with E-state index in [0.29, 0.717) is 18.5 Å². The molecule has 0 saturated heterocycles. The molecule has 3 aromatic rings. The normalized spacial score (nSPS) is 12.6. The number of fused-ring (bicyclic) bond motifs is 5. The van der Waals surface area contributed by atoms with Crippen molar-refractivity contribution in [3.05, 3.63) is 46.0 Å². The van der Waals surface area contributed by atoms with Gasteiger partial charge in [0, 0.05) is 35.5 Å². The number of ether oxygens (including phenoxy) is 3. The van der Waals surface area contributed by atoms with Crippen LogP contribution in [-0.2, 0) is 11.3 Å². The van der Waals surface area contributed by atoms with E-state index >= 15 is 0 Å². The van der Waals surface area contributed by atoms with Crippen LogP contribution >= 0.6 is 0 Å². The summed E-state index contributed by atoms with van der Waals surface area (Å²) in [5.41, 5.74) is 0.0805. The number of carbonyl (C=O) groups excluding carboxylic acids is 2. The standard InChI is InChI=1S/C24H22F3N3O6/c1-29(2)8-5-9-30-18-14-11-28-7-6-12(14)19(31)17(18)16-13(22(30)32)10-15(34-3)20(35-4)21(16)36-23(33)24(25,26)27/h6-7,10-11H,5,8-9H2,1-4H3. The number of carbonyl (C=O) groups is 2. The first kappa shape index (κ1) is 25.2. The molecule has 9 nitrogen and oxygen atoms in total. The van der Waals surface area contributed by atoms with E-state index in [2.05, 4.69) is 4.98 Å². The van der Waals surface area contributed by atoms with Crippen molar-refractivity contribution >= 4 is 22.5 Å². The van der Waals surface area contributed by atoms with Crippen LogP contribution in [0.25, 0.3) is 22.0 Å². The largest absolute Gasteiger partial charge is 0.493 e. The third-order valence-electron chi connectivity index (χ3n) is 5.82. The highest BCUT2D eigenvalue weighted by molar-refractivity contribution is 6.28. The molecule has 4 rings (SSSR count). The zero-order chi connectivity index (χ0) is 26.4. The molecule has 1 aliphatic carbocycles. The van der Waals surface area contributed by atoms with Crippen LogP contribution in [0.1, 0.15) is 22.3 Å². The highest BCUT2D eigenvalue weighted by Crippen LogP contribution is 2.48.